The molecular formula is C26H36N10O2S. The van der Waals surface area contributed by atoms with Gasteiger partial charge in [0.2, 0.25) is 5.91 Å². The Hall–Kier alpha value is -3.42. The summed E-state index contributed by atoms with van der Waals surface area (Å²) in [6.45, 7) is 11.5. The van der Waals surface area contributed by atoms with Crippen LogP contribution >= 0.6 is 11.5 Å². The predicted octanol–water partition coefficient (Wildman–Crippen LogP) is 2.76. The number of hydrogen-bond donors (Lipinski definition) is 3. The van der Waals surface area contributed by atoms with Crippen molar-refractivity contribution >= 4 is 41.2 Å². The summed E-state index contributed by atoms with van der Waals surface area (Å²) in [6.07, 6.45) is 5.67. The van der Waals surface area contributed by atoms with E-state index in [4.69, 9.17) is 5.10 Å². The first-order chi connectivity index (χ1) is 18.5. The first-order valence-electron chi connectivity index (χ1n) is 13.2. The summed E-state index contributed by atoms with van der Waals surface area (Å²) in [5.74, 6) is 0.291. The Labute approximate surface area is 232 Å². The highest BCUT2D eigenvalue weighted by Gasteiger charge is 2.41. The molecule has 39 heavy (non-hydrogen) atoms. The van der Waals surface area contributed by atoms with Gasteiger partial charge in [-0.05, 0) is 30.9 Å². The summed E-state index contributed by atoms with van der Waals surface area (Å²) in [4.78, 5) is 35.7. The molecule has 3 amide bonds. The number of aromatic nitrogens is 3. The molecule has 0 spiro atoms. The SMILES string of the molecule is CNC1N=CC2=CN(N3CCC(NC(=O)Nc4cc(C(C)(C)C)nn4-c4cnsc4)C3)C(=O)C(C(C)C)C2=N1. The molecule has 0 radical (unpaired) electrons. The van der Waals surface area contributed by atoms with Gasteiger partial charge in [-0.25, -0.2) is 24.5 Å². The minimum Gasteiger partial charge on any atom is -0.334 e. The van der Waals surface area contributed by atoms with Crippen LogP contribution in [0, 0.1) is 11.8 Å². The van der Waals surface area contributed by atoms with E-state index in [1.54, 1.807) is 29.1 Å². The molecule has 208 valence electrons. The second kappa shape index (κ2) is 10.6. The molecule has 12 nitrogen and oxygen atoms in total. The summed E-state index contributed by atoms with van der Waals surface area (Å²) in [5.41, 5.74) is 3.10. The second-order valence-electron chi connectivity index (χ2n) is 11.4. The molecular weight excluding hydrogens is 516 g/mol. The van der Waals surface area contributed by atoms with Gasteiger partial charge in [0.1, 0.15) is 5.82 Å². The number of nitrogens with one attached hydrogen (secondary N) is 3. The number of rotatable bonds is 6. The molecule has 5 heterocycles. The number of carbonyl (C=O) groups excluding carboxylic acids is 2. The Kier molecular flexibility index (Phi) is 7.40. The van der Waals surface area contributed by atoms with Gasteiger partial charge in [-0.2, -0.15) is 9.47 Å². The van der Waals surface area contributed by atoms with Gasteiger partial charge in [0, 0.05) is 54.0 Å². The zero-order chi connectivity index (χ0) is 27.9. The molecule has 5 rings (SSSR count). The van der Waals surface area contributed by atoms with E-state index in [1.165, 1.54) is 11.5 Å². The van der Waals surface area contributed by atoms with Gasteiger partial charge in [0.05, 0.1) is 29.2 Å². The molecule has 3 unspecified atom stereocenters. The van der Waals surface area contributed by atoms with E-state index < -0.39 is 0 Å². The molecule has 0 bridgehead atoms. The van der Waals surface area contributed by atoms with Gasteiger partial charge in [-0.15, -0.1) is 0 Å². The van der Waals surface area contributed by atoms with Crippen LogP contribution in [0.3, 0.4) is 0 Å². The number of aliphatic imine (C=N–C) groups is 2. The maximum Gasteiger partial charge on any atom is 0.320 e. The Morgan fingerprint density at radius 3 is 2.72 bits per heavy atom. The summed E-state index contributed by atoms with van der Waals surface area (Å²) in [6, 6.07) is 1.45. The highest BCUT2D eigenvalue weighted by Crippen LogP contribution is 2.30. The molecule has 0 aromatic carbocycles. The Balaban J connectivity index is 1.28. The average molecular weight is 553 g/mol. The topological polar surface area (TPSA) is 132 Å². The van der Waals surface area contributed by atoms with E-state index in [2.05, 4.69) is 51.1 Å². The molecule has 13 heteroatoms. The van der Waals surface area contributed by atoms with Gasteiger partial charge in [-0.1, -0.05) is 34.6 Å². The van der Waals surface area contributed by atoms with Crippen molar-refractivity contribution in [2.75, 3.05) is 25.5 Å². The second-order valence-corrected chi connectivity index (χ2v) is 12.1. The van der Waals surface area contributed by atoms with Gasteiger partial charge in [0.25, 0.3) is 0 Å². The van der Waals surface area contributed by atoms with Crippen molar-refractivity contribution in [2.45, 2.75) is 58.8 Å². The lowest BCUT2D eigenvalue weighted by Crippen LogP contribution is -2.53. The zero-order valence-corrected chi connectivity index (χ0v) is 24.0. The van der Waals surface area contributed by atoms with Crippen molar-refractivity contribution in [2.24, 2.45) is 21.8 Å². The number of amides is 3. The molecule has 3 N–H and O–H groups in total. The van der Waals surface area contributed by atoms with Crippen LogP contribution in [-0.4, -0.2) is 80.5 Å². The fraction of sp³-hybridized carbons (Fsp3) is 0.538. The molecule has 3 aliphatic rings. The Bertz CT molecular complexity index is 1320. The van der Waals surface area contributed by atoms with E-state index in [0.717, 1.165) is 22.7 Å². The fourth-order valence-corrected chi connectivity index (χ4v) is 5.46. The summed E-state index contributed by atoms with van der Waals surface area (Å²) in [7, 11) is 1.80. The number of carbonyl (C=O) groups is 2. The highest BCUT2D eigenvalue weighted by molar-refractivity contribution is 7.03. The maximum atomic E-state index is 13.6. The molecule has 3 atom stereocenters. The van der Waals surface area contributed by atoms with Crippen molar-refractivity contribution < 1.29 is 9.59 Å². The average Bonchev–Trinajstić information content (AvgIpc) is 3.64. The lowest BCUT2D eigenvalue weighted by atomic mass is 9.84. The Morgan fingerprint density at radius 1 is 1.26 bits per heavy atom. The molecule has 1 saturated heterocycles. The van der Waals surface area contributed by atoms with E-state index in [9.17, 15) is 9.59 Å². The number of nitrogens with zero attached hydrogens (tertiary/aromatic N) is 7. The molecule has 0 aliphatic carbocycles. The van der Waals surface area contributed by atoms with Crippen LogP contribution in [0.5, 0.6) is 0 Å². The summed E-state index contributed by atoms with van der Waals surface area (Å²) < 4.78 is 5.88. The van der Waals surface area contributed by atoms with E-state index in [1.807, 2.05) is 36.5 Å². The lowest BCUT2D eigenvalue weighted by Gasteiger charge is -2.38. The van der Waals surface area contributed by atoms with Crippen LogP contribution in [0.25, 0.3) is 5.69 Å². The van der Waals surface area contributed by atoms with Crippen LogP contribution in [0.4, 0.5) is 10.6 Å². The van der Waals surface area contributed by atoms with Crippen molar-refractivity contribution in [3.8, 4) is 5.69 Å². The number of fused-ring (bicyclic) bond motifs is 1. The number of anilines is 1. The minimum atomic E-state index is -0.372. The van der Waals surface area contributed by atoms with Gasteiger partial charge < -0.3 is 5.32 Å². The number of hydrazine groups is 1. The van der Waals surface area contributed by atoms with Gasteiger partial charge in [0.15, 0.2) is 6.29 Å². The van der Waals surface area contributed by atoms with E-state index >= 15 is 0 Å². The number of urea groups is 1. The first kappa shape index (κ1) is 27.2. The third kappa shape index (κ3) is 5.52. The van der Waals surface area contributed by atoms with Crippen LogP contribution in [0.1, 0.15) is 46.7 Å². The molecule has 3 aliphatic heterocycles. The Morgan fingerprint density at radius 2 is 2.05 bits per heavy atom. The molecule has 2 aromatic rings. The van der Waals surface area contributed by atoms with Crippen molar-refractivity contribution in [1.29, 1.82) is 0 Å². The smallest absolute Gasteiger partial charge is 0.320 e. The lowest BCUT2D eigenvalue weighted by molar-refractivity contribution is -0.145. The molecule has 0 saturated carbocycles. The van der Waals surface area contributed by atoms with Crippen LogP contribution < -0.4 is 16.0 Å². The van der Waals surface area contributed by atoms with Crippen LogP contribution in [0.15, 0.2) is 39.4 Å². The van der Waals surface area contributed by atoms with E-state index in [-0.39, 0.29) is 41.5 Å². The van der Waals surface area contributed by atoms with Crippen molar-refractivity contribution in [3.05, 3.63) is 35.1 Å². The normalized spacial score (nSPS) is 23.6. The number of allylic oxidation sites excluding steroid dienone is 1. The summed E-state index contributed by atoms with van der Waals surface area (Å²) >= 11 is 1.33. The molecule has 1 fully saturated rings. The van der Waals surface area contributed by atoms with Crippen molar-refractivity contribution in [3.63, 3.8) is 0 Å². The third-order valence-electron chi connectivity index (χ3n) is 7.07. The van der Waals surface area contributed by atoms with E-state index in [0.29, 0.717) is 25.3 Å². The maximum absolute atomic E-state index is 13.6. The zero-order valence-electron chi connectivity index (χ0n) is 23.2. The largest absolute Gasteiger partial charge is 0.334 e. The van der Waals surface area contributed by atoms with Gasteiger partial charge >= 0.3 is 6.03 Å². The van der Waals surface area contributed by atoms with Crippen molar-refractivity contribution in [1.82, 2.24) is 34.8 Å². The van der Waals surface area contributed by atoms with Gasteiger partial charge in [-0.3, -0.25) is 20.4 Å². The quantitative estimate of drug-likeness (QED) is 0.505. The minimum absolute atomic E-state index is 0.00858. The van der Waals surface area contributed by atoms with Crippen LogP contribution in [-0.2, 0) is 10.2 Å². The first-order valence-corrected chi connectivity index (χ1v) is 14.0. The monoisotopic (exact) mass is 552 g/mol. The third-order valence-corrected chi connectivity index (χ3v) is 7.65. The van der Waals surface area contributed by atoms with Crippen LogP contribution in [0.2, 0.25) is 0 Å². The highest BCUT2D eigenvalue weighted by atomic mass is 32.1. The molecule has 2 aromatic heterocycles. The fourth-order valence-electron chi connectivity index (χ4n) is 4.96. The standard InChI is InChI=1S/C26H36N10O2S/c1-15(2)21-22-16(10-28-24(27-6)32-22)12-35(23(21)37)34-8-7-17(13-34)30-25(38)31-20-9-19(26(3,4)5)33-36(20)18-11-29-39-14-18/h9-12,14-15,17,21,24,27H,7-8,13H2,1-6H3,(H2,30,31,38). The predicted molar refractivity (Wildman–Crippen MR) is 152 cm³/mol. The number of hydrogen-bond acceptors (Lipinski definition) is 9. The summed E-state index contributed by atoms with van der Waals surface area (Å²) in [5, 5.41) is 19.4.